The molecule has 3 aliphatic heterocycles. The fourth-order valence-electron chi connectivity index (χ4n) is 5.30. The maximum atomic E-state index is 13.6. The number of hydrogen-bond donors (Lipinski definition) is 1. The third-order valence-electron chi connectivity index (χ3n) is 6.58. The number of fused-ring (bicyclic) bond motifs is 4. The van der Waals surface area contributed by atoms with Gasteiger partial charge < -0.3 is 14.4 Å². The topological polar surface area (TPSA) is 75.0 Å². The van der Waals surface area contributed by atoms with Crippen LogP contribution in [0.15, 0.2) is 35.1 Å². The van der Waals surface area contributed by atoms with Crippen LogP contribution in [0.1, 0.15) is 29.2 Å². The molecule has 0 unspecified atom stereocenters. The number of halogens is 2. The average Bonchev–Trinajstić information content (AvgIpc) is 2.77. The van der Waals surface area contributed by atoms with Gasteiger partial charge in [-0.3, -0.25) is 19.4 Å². The molecule has 0 radical (unpaired) electrons. The Bertz CT molecular complexity index is 1020. The number of hydrogen-bond acceptors (Lipinski definition) is 5. The number of aromatic nitrogens is 1. The van der Waals surface area contributed by atoms with Gasteiger partial charge in [-0.2, -0.15) is 0 Å². The zero-order valence-electron chi connectivity index (χ0n) is 18.5. The van der Waals surface area contributed by atoms with Gasteiger partial charge in [0.1, 0.15) is 11.6 Å². The zero-order valence-corrected chi connectivity index (χ0v) is 18.5. The first kappa shape index (κ1) is 23.5. The summed E-state index contributed by atoms with van der Waals surface area (Å²) in [6.45, 7) is 6.49. The van der Waals surface area contributed by atoms with Gasteiger partial charge in [0.15, 0.2) is 0 Å². The van der Waals surface area contributed by atoms with Crippen molar-refractivity contribution in [2.24, 2.45) is 5.92 Å². The summed E-state index contributed by atoms with van der Waals surface area (Å²) in [5, 5.41) is 6.89. The molecule has 0 saturated carbocycles. The van der Waals surface area contributed by atoms with Gasteiger partial charge in [0.05, 0.1) is 13.2 Å². The number of rotatable bonds is 4. The standard InChI is InChI=1S/C23H27F2N3O2.CH2O2/c24-20-8-16(9-21(25)10-20)11-27-12-17-7-19(15-27)22-2-1-18(23(29)28(22)13-17)14-26-3-5-30-6-4-26;2-1-3/h1-2,8-10,17,19H,3-7,11-15H2;1H,(H,2,3)/t17-,19+;/m0./s1. The number of carboxylic acid groups (broad SMARTS) is 1. The van der Waals surface area contributed by atoms with Crippen LogP contribution in [0.3, 0.4) is 0 Å². The summed E-state index contributed by atoms with van der Waals surface area (Å²) in [4.78, 5) is 26.1. The van der Waals surface area contributed by atoms with Crippen molar-refractivity contribution in [3.8, 4) is 0 Å². The normalized spacial score (nSPS) is 22.7. The van der Waals surface area contributed by atoms with E-state index in [9.17, 15) is 13.6 Å². The summed E-state index contributed by atoms with van der Waals surface area (Å²) in [5.74, 6) is -0.411. The van der Waals surface area contributed by atoms with E-state index in [1.807, 2.05) is 10.6 Å². The van der Waals surface area contributed by atoms with Gasteiger partial charge in [-0.15, -0.1) is 0 Å². The van der Waals surface area contributed by atoms with Crippen molar-refractivity contribution in [1.29, 1.82) is 0 Å². The van der Waals surface area contributed by atoms with Crippen LogP contribution in [0, 0.1) is 17.6 Å². The molecule has 2 fully saturated rings. The minimum absolute atomic E-state index is 0.134. The third kappa shape index (κ3) is 5.66. The predicted octanol–water partition coefficient (Wildman–Crippen LogP) is 2.28. The summed E-state index contributed by atoms with van der Waals surface area (Å²) in [7, 11) is 0. The van der Waals surface area contributed by atoms with E-state index >= 15 is 0 Å². The van der Waals surface area contributed by atoms with Crippen LogP contribution in [0.4, 0.5) is 8.78 Å². The van der Waals surface area contributed by atoms with Crippen LogP contribution in [-0.2, 0) is 29.2 Å². The van der Waals surface area contributed by atoms with Crippen LogP contribution in [0.25, 0.3) is 0 Å². The van der Waals surface area contributed by atoms with Gasteiger partial charge in [0.2, 0.25) is 0 Å². The minimum Gasteiger partial charge on any atom is -0.483 e. The Morgan fingerprint density at radius 3 is 2.39 bits per heavy atom. The Kier molecular flexibility index (Phi) is 7.52. The molecule has 9 heteroatoms. The van der Waals surface area contributed by atoms with Crippen molar-refractivity contribution < 1.29 is 23.4 Å². The van der Waals surface area contributed by atoms with Crippen molar-refractivity contribution in [1.82, 2.24) is 14.4 Å². The Hall–Kier alpha value is -2.62. The Morgan fingerprint density at radius 2 is 1.70 bits per heavy atom. The van der Waals surface area contributed by atoms with E-state index in [1.54, 1.807) is 0 Å². The molecule has 1 aromatic carbocycles. The SMILES string of the molecule is O=CO.O=c1c(CN2CCOCC2)ccc2n1C[C@H]1C[C@@H]2CN(Cc2cc(F)cc(F)c2)C1. The lowest BCUT2D eigenvalue weighted by molar-refractivity contribution is -0.122. The average molecular weight is 462 g/mol. The highest BCUT2D eigenvalue weighted by atomic mass is 19.1. The van der Waals surface area contributed by atoms with E-state index in [1.165, 1.54) is 12.1 Å². The van der Waals surface area contributed by atoms with Crippen LogP contribution >= 0.6 is 0 Å². The van der Waals surface area contributed by atoms with Crippen LogP contribution in [0.5, 0.6) is 0 Å². The molecule has 33 heavy (non-hydrogen) atoms. The lowest BCUT2D eigenvalue weighted by atomic mass is 9.82. The number of ether oxygens (including phenoxy) is 1. The molecular weight excluding hydrogens is 432 g/mol. The molecule has 1 aromatic heterocycles. The first-order valence-electron chi connectivity index (χ1n) is 11.2. The first-order chi connectivity index (χ1) is 16.0. The molecule has 2 atom stereocenters. The van der Waals surface area contributed by atoms with Gasteiger partial charge in [-0.05, 0) is 36.1 Å². The predicted molar refractivity (Wildman–Crippen MR) is 118 cm³/mol. The molecule has 2 bridgehead atoms. The minimum atomic E-state index is -0.535. The molecule has 7 nitrogen and oxygen atoms in total. The summed E-state index contributed by atoms with van der Waals surface area (Å²) >= 11 is 0. The number of morpholine rings is 1. The second kappa shape index (κ2) is 10.5. The second-order valence-corrected chi connectivity index (χ2v) is 8.96. The highest BCUT2D eigenvalue weighted by molar-refractivity contribution is 5.32. The van der Waals surface area contributed by atoms with Gasteiger partial charge in [-0.1, -0.05) is 6.07 Å². The number of nitrogens with zero attached hydrogens (tertiary/aromatic N) is 3. The van der Waals surface area contributed by atoms with Crippen LogP contribution in [-0.4, -0.2) is 65.3 Å². The summed E-state index contributed by atoms with van der Waals surface area (Å²) in [6, 6.07) is 7.83. The fraction of sp³-hybridized carbons (Fsp3) is 0.500. The molecule has 0 amide bonds. The van der Waals surface area contributed by atoms with Gasteiger partial charge >= 0.3 is 0 Å². The molecule has 0 aliphatic carbocycles. The fourth-order valence-corrected chi connectivity index (χ4v) is 5.30. The van der Waals surface area contributed by atoms with Crippen LogP contribution in [0.2, 0.25) is 0 Å². The molecule has 0 spiro atoms. The maximum Gasteiger partial charge on any atom is 0.290 e. The largest absolute Gasteiger partial charge is 0.483 e. The number of pyridine rings is 1. The summed E-state index contributed by atoms with van der Waals surface area (Å²) in [6.07, 6.45) is 1.07. The maximum absolute atomic E-state index is 13.6. The third-order valence-corrected chi connectivity index (χ3v) is 6.58. The summed E-state index contributed by atoms with van der Waals surface area (Å²) < 4.78 is 34.5. The van der Waals surface area contributed by atoms with Crippen molar-refractivity contribution in [2.75, 3.05) is 39.4 Å². The molecule has 3 aliphatic rings. The van der Waals surface area contributed by atoms with E-state index in [0.717, 1.165) is 69.7 Å². The highest BCUT2D eigenvalue weighted by Gasteiger charge is 2.35. The highest BCUT2D eigenvalue weighted by Crippen LogP contribution is 2.35. The molecule has 1 N–H and O–H groups in total. The van der Waals surface area contributed by atoms with Gasteiger partial charge in [0, 0.05) is 69.1 Å². The lowest BCUT2D eigenvalue weighted by Crippen LogP contribution is -2.47. The first-order valence-corrected chi connectivity index (χ1v) is 11.2. The van der Waals surface area contributed by atoms with Gasteiger partial charge in [-0.25, -0.2) is 8.78 Å². The number of piperidine rings is 1. The second-order valence-electron chi connectivity index (χ2n) is 8.96. The number of benzene rings is 1. The smallest absolute Gasteiger partial charge is 0.290 e. The number of likely N-dealkylation sites (tertiary alicyclic amines) is 1. The van der Waals surface area contributed by atoms with Crippen molar-refractivity contribution in [3.63, 3.8) is 0 Å². The molecule has 2 aromatic rings. The van der Waals surface area contributed by atoms with E-state index in [0.29, 0.717) is 24.6 Å². The summed E-state index contributed by atoms with van der Waals surface area (Å²) in [5.41, 5.74) is 2.74. The Morgan fingerprint density at radius 1 is 1.00 bits per heavy atom. The molecule has 2 saturated heterocycles. The molecule has 178 valence electrons. The van der Waals surface area contributed by atoms with Crippen molar-refractivity contribution in [3.05, 3.63) is 69.1 Å². The van der Waals surface area contributed by atoms with E-state index in [2.05, 4.69) is 15.9 Å². The van der Waals surface area contributed by atoms with Crippen LogP contribution < -0.4 is 5.56 Å². The molecule has 4 heterocycles. The van der Waals surface area contributed by atoms with E-state index in [4.69, 9.17) is 14.6 Å². The van der Waals surface area contributed by atoms with Crippen molar-refractivity contribution in [2.45, 2.75) is 32.0 Å². The number of carbonyl (C=O) groups is 1. The Labute approximate surface area is 191 Å². The van der Waals surface area contributed by atoms with E-state index in [-0.39, 0.29) is 17.9 Å². The lowest BCUT2D eigenvalue weighted by Gasteiger charge is -2.43. The zero-order chi connectivity index (χ0) is 23.4. The Balaban J connectivity index is 0.000000821. The van der Waals surface area contributed by atoms with E-state index < -0.39 is 11.6 Å². The van der Waals surface area contributed by atoms with Crippen molar-refractivity contribution >= 4 is 6.47 Å². The molecule has 5 rings (SSSR count). The quantitative estimate of drug-likeness (QED) is 0.705. The molecular formula is C24H29F2N3O4. The van der Waals surface area contributed by atoms with Gasteiger partial charge in [0.25, 0.3) is 12.0 Å². The monoisotopic (exact) mass is 461 g/mol.